The molecule has 72 valence electrons. The third-order valence-electron chi connectivity index (χ3n) is 1.88. The molecule has 1 fully saturated rings. The summed E-state index contributed by atoms with van der Waals surface area (Å²) in [6.07, 6.45) is 2.82. The van der Waals surface area contributed by atoms with Gasteiger partial charge in [0, 0.05) is 0 Å². The van der Waals surface area contributed by atoms with Crippen LogP contribution in [-0.4, -0.2) is 23.9 Å². The number of hydrogen-bond donors (Lipinski definition) is 3. The molecule has 0 atom stereocenters. The molecule has 0 aliphatic heterocycles. The molecule has 0 saturated heterocycles. The Kier molecular flexibility index (Phi) is 1.69. The molecule has 1 aliphatic carbocycles. The quantitative estimate of drug-likeness (QED) is 0.636. The molecule has 1 heterocycles. The van der Waals surface area contributed by atoms with Gasteiger partial charge in [0.05, 0.1) is 17.1 Å². The molecule has 0 radical (unpaired) electrons. The zero-order valence-corrected chi connectivity index (χ0v) is 7.63. The van der Waals surface area contributed by atoms with Crippen molar-refractivity contribution in [3.63, 3.8) is 0 Å². The Morgan fingerprint density at radius 3 is 2.77 bits per heavy atom. The van der Waals surface area contributed by atoms with E-state index in [1.807, 2.05) is 0 Å². The van der Waals surface area contributed by atoms with Crippen LogP contribution in [-0.2, 0) is 10.0 Å². The maximum atomic E-state index is 11.4. The van der Waals surface area contributed by atoms with E-state index in [1.54, 1.807) is 0 Å². The summed E-state index contributed by atoms with van der Waals surface area (Å²) in [6.45, 7) is 0. The third kappa shape index (κ3) is 1.59. The van der Waals surface area contributed by atoms with Gasteiger partial charge in [0.1, 0.15) is 0 Å². The second kappa shape index (κ2) is 2.63. The Hall–Kier alpha value is -1.24. The lowest BCUT2D eigenvalue weighted by Gasteiger charge is -2.03. The van der Waals surface area contributed by atoms with Crippen molar-refractivity contribution in [3.8, 4) is 0 Å². The Bertz CT molecular complexity index is 406. The topological polar surface area (TPSA) is 101 Å². The molecule has 2 rings (SSSR count). The Morgan fingerprint density at radius 2 is 2.31 bits per heavy atom. The lowest BCUT2D eigenvalue weighted by atomic mass is 10.6. The van der Waals surface area contributed by atoms with Gasteiger partial charge in [-0.1, -0.05) is 0 Å². The maximum Gasteiger partial charge on any atom is 0.236 e. The largest absolute Gasteiger partial charge is 0.394 e. The van der Waals surface area contributed by atoms with Gasteiger partial charge in [0.25, 0.3) is 0 Å². The minimum Gasteiger partial charge on any atom is -0.394 e. The van der Waals surface area contributed by atoms with Gasteiger partial charge in [0.15, 0.2) is 5.82 Å². The van der Waals surface area contributed by atoms with Crippen LogP contribution in [0.1, 0.15) is 12.8 Å². The van der Waals surface area contributed by atoms with Gasteiger partial charge in [-0.05, 0) is 12.8 Å². The fraction of sp³-hybridized carbons (Fsp3) is 0.500. The first-order valence-corrected chi connectivity index (χ1v) is 5.45. The van der Waals surface area contributed by atoms with E-state index < -0.39 is 10.0 Å². The minimum atomic E-state index is -3.23. The number of nitrogens with two attached hydrogens (primary N) is 1. The molecule has 0 bridgehead atoms. The first-order chi connectivity index (χ1) is 6.09. The second-order valence-electron chi connectivity index (χ2n) is 3.05. The molecule has 7 heteroatoms. The Balaban J connectivity index is 2.18. The van der Waals surface area contributed by atoms with Gasteiger partial charge >= 0.3 is 0 Å². The van der Waals surface area contributed by atoms with Crippen LogP contribution in [0, 0.1) is 0 Å². The molecule has 6 nitrogen and oxygen atoms in total. The van der Waals surface area contributed by atoms with Crippen LogP contribution in [0.15, 0.2) is 6.20 Å². The van der Waals surface area contributed by atoms with Crippen LogP contribution in [0.5, 0.6) is 0 Å². The molecule has 0 amide bonds. The molecule has 1 aromatic rings. The van der Waals surface area contributed by atoms with Crippen LogP contribution < -0.4 is 10.5 Å². The first kappa shape index (κ1) is 8.36. The molecular formula is C6H10N4O2S. The summed E-state index contributed by atoms with van der Waals surface area (Å²) in [5.74, 6) is 0.256. The van der Waals surface area contributed by atoms with Crippen molar-refractivity contribution in [3.05, 3.63) is 6.20 Å². The van der Waals surface area contributed by atoms with Gasteiger partial charge in [-0.2, -0.15) is 5.10 Å². The van der Waals surface area contributed by atoms with Gasteiger partial charge < -0.3 is 5.73 Å². The normalized spacial score (nSPS) is 17.2. The molecule has 1 aliphatic rings. The van der Waals surface area contributed by atoms with Crippen molar-refractivity contribution in [1.29, 1.82) is 0 Å². The molecular weight excluding hydrogens is 192 g/mol. The van der Waals surface area contributed by atoms with Crippen molar-refractivity contribution in [2.45, 2.75) is 18.1 Å². The van der Waals surface area contributed by atoms with E-state index in [0.29, 0.717) is 5.69 Å². The van der Waals surface area contributed by atoms with E-state index >= 15 is 0 Å². The summed E-state index contributed by atoms with van der Waals surface area (Å²) in [6, 6.07) is 0. The fourth-order valence-corrected chi connectivity index (χ4v) is 2.35. The molecule has 4 N–H and O–H groups in total. The number of aromatic nitrogens is 2. The molecule has 0 unspecified atom stereocenters. The summed E-state index contributed by atoms with van der Waals surface area (Å²) < 4.78 is 25.2. The number of rotatable bonds is 3. The molecule has 0 spiro atoms. The van der Waals surface area contributed by atoms with Crippen LogP contribution in [0.3, 0.4) is 0 Å². The predicted molar refractivity (Wildman–Crippen MR) is 48.6 cm³/mol. The van der Waals surface area contributed by atoms with Crippen LogP contribution in [0.4, 0.5) is 11.5 Å². The molecule has 13 heavy (non-hydrogen) atoms. The lowest BCUT2D eigenvalue weighted by molar-refractivity contribution is 0.600. The van der Waals surface area contributed by atoms with E-state index in [1.165, 1.54) is 6.20 Å². The zero-order valence-electron chi connectivity index (χ0n) is 6.82. The Labute approximate surface area is 75.6 Å². The lowest BCUT2D eigenvalue weighted by Crippen LogP contribution is -2.18. The van der Waals surface area contributed by atoms with Crippen molar-refractivity contribution >= 4 is 21.5 Å². The van der Waals surface area contributed by atoms with E-state index in [9.17, 15) is 8.42 Å². The van der Waals surface area contributed by atoms with E-state index in [0.717, 1.165) is 12.8 Å². The van der Waals surface area contributed by atoms with Gasteiger partial charge in [-0.15, -0.1) is 0 Å². The fourth-order valence-electron chi connectivity index (χ4n) is 0.981. The van der Waals surface area contributed by atoms with E-state index in [4.69, 9.17) is 5.73 Å². The number of hydrogen-bond acceptors (Lipinski definition) is 4. The summed E-state index contributed by atoms with van der Waals surface area (Å²) in [4.78, 5) is 0. The number of nitrogens with zero attached hydrogens (tertiary/aromatic N) is 1. The smallest absolute Gasteiger partial charge is 0.236 e. The van der Waals surface area contributed by atoms with Crippen molar-refractivity contribution in [1.82, 2.24) is 10.2 Å². The SMILES string of the molecule is Nc1cn[nH]c1NS(=O)(=O)C1CC1. The predicted octanol–water partition coefficient (Wildman–Crippen LogP) is -0.104. The third-order valence-corrected chi connectivity index (χ3v) is 3.71. The molecule has 1 saturated carbocycles. The highest BCUT2D eigenvalue weighted by atomic mass is 32.2. The Morgan fingerprint density at radius 1 is 1.62 bits per heavy atom. The summed E-state index contributed by atoms with van der Waals surface area (Å²) in [5, 5.41) is 5.83. The van der Waals surface area contributed by atoms with Crippen LogP contribution in [0.2, 0.25) is 0 Å². The highest BCUT2D eigenvalue weighted by Gasteiger charge is 2.36. The van der Waals surface area contributed by atoms with Crippen LogP contribution in [0.25, 0.3) is 0 Å². The van der Waals surface area contributed by atoms with Gasteiger partial charge in [-0.3, -0.25) is 9.82 Å². The second-order valence-corrected chi connectivity index (χ2v) is 5.01. The number of sulfonamides is 1. The van der Waals surface area contributed by atoms with Crippen molar-refractivity contribution in [2.75, 3.05) is 10.5 Å². The summed E-state index contributed by atoms with van der Waals surface area (Å²) in [7, 11) is -3.23. The minimum absolute atomic E-state index is 0.254. The van der Waals surface area contributed by atoms with E-state index in [2.05, 4.69) is 14.9 Å². The van der Waals surface area contributed by atoms with Gasteiger partial charge in [0.2, 0.25) is 10.0 Å². The monoisotopic (exact) mass is 202 g/mol. The average Bonchev–Trinajstić information content (AvgIpc) is 2.80. The standard InChI is InChI=1S/C6H10N4O2S/c7-5-3-8-9-6(5)10-13(11,12)4-1-2-4/h3-4H,1-2,7H2,(H2,8,9,10). The number of H-pyrrole nitrogens is 1. The first-order valence-electron chi connectivity index (χ1n) is 3.90. The molecule has 0 aromatic carbocycles. The van der Waals surface area contributed by atoms with Gasteiger partial charge in [-0.25, -0.2) is 8.42 Å². The van der Waals surface area contributed by atoms with Crippen LogP contribution >= 0.6 is 0 Å². The summed E-state index contributed by atoms with van der Waals surface area (Å²) in [5.41, 5.74) is 5.76. The zero-order chi connectivity index (χ0) is 9.47. The maximum absolute atomic E-state index is 11.4. The number of nitrogens with one attached hydrogen (secondary N) is 2. The number of anilines is 2. The number of nitrogen functional groups attached to an aromatic ring is 1. The number of aromatic amines is 1. The molecule has 1 aromatic heterocycles. The summed E-state index contributed by atoms with van der Waals surface area (Å²) >= 11 is 0. The van der Waals surface area contributed by atoms with Crippen molar-refractivity contribution in [2.24, 2.45) is 0 Å². The highest BCUT2D eigenvalue weighted by Crippen LogP contribution is 2.30. The highest BCUT2D eigenvalue weighted by molar-refractivity contribution is 7.93. The van der Waals surface area contributed by atoms with Crippen molar-refractivity contribution < 1.29 is 8.42 Å². The average molecular weight is 202 g/mol. The van der Waals surface area contributed by atoms with E-state index in [-0.39, 0.29) is 11.1 Å².